The van der Waals surface area contributed by atoms with E-state index in [-0.39, 0.29) is 5.91 Å². The van der Waals surface area contributed by atoms with Gasteiger partial charge in [0, 0.05) is 6.08 Å². The number of nitrogens with one attached hydrogen (secondary N) is 1. The monoisotopic (exact) mass is 298 g/mol. The largest absolute Gasteiger partial charge is 0.462 e. The average Bonchev–Trinajstić information content (AvgIpc) is 2.99. The van der Waals surface area contributed by atoms with Gasteiger partial charge in [-0.3, -0.25) is 9.69 Å². The first-order chi connectivity index (χ1) is 10.1. The molecule has 1 N–H and O–H groups in total. The Labute approximate surface area is 128 Å². The summed E-state index contributed by atoms with van der Waals surface area (Å²) >= 11 is 5.24. The van der Waals surface area contributed by atoms with Gasteiger partial charge in [-0.1, -0.05) is 30.3 Å². The van der Waals surface area contributed by atoms with Crippen molar-refractivity contribution in [3.63, 3.8) is 0 Å². The SMILES string of the molecule is Cc1ccc(C=C2NC(=S)N(Cc3ccccc3)C2=O)o1. The lowest BCUT2D eigenvalue weighted by atomic mass is 10.2. The molecule has 0 aliphatic carbocycles. The Kier molecular flexibility index (Phi) is 3.58. The van der Waals surface area contributed by atoms with Crippen LogP contribution in [0.1, 0.15) is 17.1 Å². The summed E-state index contributed by atoms with van der Waals surface area (Å²) in [6.45, 7) is 2.32. The van der Waals surface area contributed by atoms with Gasteiger partial charge in [-0.2, -0.15) is 0 Å². The first-order valence-electron chi connectivity index (χ1n) is 6.58. The van der Waals surface area contributed by atoms with E-state index in [4.69, 9.17) is 16.6 Å². The van der Waals surface area contributed by atoms with Crippen LogP contribution in [0.15, 0.2) is 52.6 Å². The molecule has 0 saturated carbocycles. The lowest BCUT2D eigenvalue weighted by Crippen LogP contribution is -2.29. The van der Waals surface area contributed by atoms with Crippen LogP contribution < -0.4 is 5.32 Å². The highest BCUT2D eigenvalue weighted by Gasteiger charge is 2.30. The van der Waals surface area contributed by atoms with Gasteiger partial charge in [0.1, 0.15) is 17.2 Å². The molecular weight excluding hydrogens is 284 g/mol. The third kappa shape index (κ3) is 2.87. The third-order valence-corrected chi connectivity index (χ3v) is 3.52. The van der Waals surface area contributed by atoms with Crippen LogP contribution in [0, 0.1) is 6.92 Å². The highest BCUT2D eigenvalue weighted by atomic mass is 32.1. The molecule has 4 nitrogen and oxygen atoms in total. The van der Waals surface area contributed by atoms with Gasteiger partial charge in [0.25, 0.3) is 5.91 Å². The lowest BCUT2D eigenvalue weighted by molar-refractivity contribution is -0.122. The van der Waals surface area contributed by atoms with Crippen molar-refractivity contribution in [2.45, 2.75) is 13.5 Å². The molecule has 106 valence electrons. The van der Waals surface area contributed by atoms with Crippen LogP contribution in [0.4, 0.5) is 0 Å². The zero-order valence-electron chi connectivity index (χ0n) is 11.5. The van der Waals surface area contributed by atoms with Gasteiger partial charge >= 0.3 is 0 Å². The number of hydrogen-bond acceptors (Lipinski definition) is 3. The zero-order chi connectivity index (χ0) is 14.8. The minimum atomic E-state index is -0.141. The van der Waals surface area contributed by atoms with Crippen LogP contribution in [0.25, 0.3) is 6.08 Å². The van der Waals surface area contributed by atoms with Crippen molar-refractivity contribution in [2.75, 3.05) is 0 Å². The van der Waals surface area contributed by atoms with Crippen molar-refractivity contribution in [1.82, 2.24) is 10.2 Å². The van der Waals surface area contributed by atoms with Gasteiger partial charge < -0.3 is 9.73 Å². The third-order valence-electron chi connectivity index (χ3n) is 3.19. The highest BCUT2D eigenvalue weighted by molar-refractivity contribution is 7.80. The average molecular weight is 298 g/mol. The van der Waals surface area contributed by atoms with E-state index in [1.54, 1.807) is 11.0 Å². The maximum atomic E-state index is 12.4. The Balaban J connectivity index is 1.81. The summed E-state index contributed by atoms with van der Waals surface area (Å²) < 4.78 is 5.45. The predicted octanol–water partition coefficient (Wildman–Crippen LogP) is 2.85. The standard InChI is InChI=1S/C16H14N2O2S/c1-11-7-8-13(20-11)9-14-15(19)18(16(21)17-14)10-12-5-3-2-4-6-12/h2-9H,10H2,1H3,(H,17,21). The highest BCUT2D eigenvalue weighted by Crippen LogP contribution is 2.18. The summed E-state index contributed by atoms with van der Waals surface area (Å²) in [5, 5.41) is 3.36. The van der Waals surface area contributed by atoms with Gasteiger partial charge in [0.2, 0.25) is 0 Å². The Morgan fingerprint density at radius 3 is 2.67 bits per heavy atom. The Hall–Kier alpha value is -2.40. The van der Waals surface area contributed by atoms with E-state index < -0.39 is 0 Å². The first kappa shape index (κ1) is 13.6. The minimum Gasteiger partial charge on any atom is -0.462 e. The molecule has 2 heterocycles. The second kappa shape index (κ2) is 5.54. The molecule has 1 aliphatic rings. The van der Waals surface area contributed by atoms with E-state index in [1.807, 2.05) is 49.4 Å². The number of benzene rings is 1. The Morgan fingerprint density at radius 2 is 2.00 bits per heavy atom. The van der Waals surface area contributed by atoms with E-state index in [1.165, 1.54) is 0 Å². The smallest absolute Gasteiger partial charge is 0.276 e. The second-order valence-corrected chi connectivity index (χ2v) is 5.20. The van der Waals surface area contributed by atoms with Crippen molar-refractivity contribution in [1.29, 1.82) is 0 Å². The van der Waals surface area contributed by atoms with Crippen LogP contribution >= 0.6 is 12.2 Å². The fourth-order valence-corrected chi connectivity index (χ4v) is 2.41. The fourth-order valence-electron chi connectivity index (χ4n) is 2.15. The van der Waals surface area contributed by atoms with Gasteiger partial charge in [0.05, 0.1) is 6.54 Å². The topological polar surface area (TPSA) is 45.5 Å². The van der Waals surface area contributed by atoms with Crippen LogP contribution in [-0.4, -0.2) is 15.9 Å². The normalized spacial score (nSPS) is 16.6. The van der Waals surface area contributed by atoms with E-state index in [9.17, 15) is 4.79 Å². The minimum absolute atomic E-state index is 0.141. The molecule has 1 amide bonds. The Morgan fingerprint density at radius 1 is 1.24 bits per heavy atom. The lowest BCUT2D eigenvalue weighted by Gasteiger charge is -2.13. The van der Waals surface area contributed by atoms with Crippen molar-refractivity contribution in [3.8, 4) is 0 Å². The quantitative estimate of drug-likeness (QED) is 0.699. The molecule has 1 fully saturated rings. The summed E-state index contributed by atoms with van der Waals surface area (Å²) in [5.74, 6) is 1.29. The van der Waals surface area contributed by atoms with Gasteiger partial charge in [-0.05, 0) is 36.8 Å². The van der Waals surface area contributed by atoms with Crippen molar-refractivity contribution in [2.24, 2.45) is 0 Å². The maximum absolute atomic E-state index is 12.4. The van der Waals surface area contributed by atoms with Gasteiger partial charge in [0.15, 0.2) is 5.11 Å². The van der Waals surface area contributed by atoms with Gasteiger partial charge in [-0.25, -0.2) is 0 Å². The summed E-state index contributed by atoms with van der Waals surface area (Å²) in [5.41, 5.74) is 1.47. The van der Waals surface area contributed by atoms with Crippen LogP contribution in [-0.2, 0) is 11.3 Å². The molecule has 1 aromatic heterocycles. The molecule has 1 saturated heterocycles. The molecule has 2 aromatic rings. The van der Waals surface area contributed by atoms with Crippen molar-refractivity contribution < 1.29 is 9.21 Å². The van der Waals surface area contributed by atoms with E-state index >= 15 is 0 Å². The molecule has 1 aliphatic heterocycles. The molecule has 21 heavy (non-hydrogen) atoms. The summed E-state index contributed by atoms with van der Waals surface area (Å²) in [7, 11) is 0. The predicted molar refractivity (Wildman–Crippen MR) is 84.1 cm³/mol. The first-order valence-corrected chi connectivity index (χ1v) is 6.99. The maximum Gasteiger partial charge on any atom is 0.276 e. The van der Waals surface area contributed by atoms with Crippen molar-refractivity contribution in [3.05, 3.63) is 65.2 Å². The second-order valence-electron chi connectivity index (χ2n) is 4.81. The van der Waals surface area contributed by atoms with E-state index in [0.29, 0.717) is 23.1 Å². The van der Waals surface area contributed by atoms with Crippen LogP contribution in [0.5, 0.6) is 0 Å². The molecule has 5 heteroatoms. The van der Waals surface area contributed by atoms with Crippen molar-refractivity contribution >= 4 is 29.3 Å². The van der Waals surface area contributed by atoms with Gasteiger partial charge in [-0.15, -0.1) is 0 Å². The number of aryl methyl sites for hydroxylation is 1. The number of thiocarbonyl (C=S) groups is 1. The van der Waals surface area contributed by atoms with Crippen LogP contribution in [0.3, 0.4) is 0 Å². The number of furan rings is 1. The molecule has 0 spiro atoms. The number of nitrogens with zero attached hydrogens (tertiary/aromatic N) is 1. The summed E-state index contributed by atoms with van der Waals surface area (Å²) in [6.07, 6.45) is 1.67. The van der Waals surface area contributed by atoms with E-state index in [2.05, 4.69) is 5.32 Å². The molecule has 0 bridgehead atoms. The molecule has 0 radical (unpaired) electrons. The number of amides is 1. The fraction of sp³-hybridized carbons (Fsp3) is 0.125. The Bertz CT molecular complexity index is 719. The molecule has 1 aromatic carbocycles. The van der Waals surface area contributed by atoms with E-state index in [0.717, 1.165) is 11.3 Å². The summed E-state index contributed by atoms with van der Waals surface area (Å²) in [6, 6.07) is 13.4. The number of carbonyl (C=O) groups is 1. The molecule has 3 rings (SSSR count). The molecule has 0 unspecified atom stereocenters. The number of rotatable bonds is 3. The van der Waals surface area contributed by atoms with Crippen LogP contribution in [0.2, 0.25) is 0 Å². The molecule has 0 atom stereocenters. The zero-order valence-corrected chi connectivity index (χ0v) is 12.3. The molecular formula is C16H14N2O2S. The number of carbonyl (C=O) groups excluding carboxylic acids is 1. The number of hydrogen-bond donors (Lipinski definition) is 1. The summed E-state index contributed by atoms with van der Waals surface area (Å²) in [4.78, 5) is 13.9.